The van der Waals surface area contributed by atoms with Crippen molar-refractivity contribution in [1.82, 2.24) is 0 Å². The molecular weight excluding hydrogens is 276 g/mol. The molecule has 0 radical (unpaired) electrons. The van der Waals surface area contributed by atoms with Crippen molar-refractivity contribution < 1.29 is 9.72 Å². The SMILES string of the molecule is O=C(c1ccc([N+](=O)[O-])s1)N1CCCc2ccccc21. The van der Waals surface area contributed by atoms with Gasteiger partial charge in [-0.1, -0.05) is 29.5 Å². The average Bonchev–Trinajstić information content (AvgIpc) is 2.96. The lowest BCUT2D eigenvalue weighted by atomic mass is 10.0. The van der Waals surface area contributed by atoms with Gasteiger partial charge in [-0.05, 0) is 30.5 Å². The molecule has 102 valence electrons. The lowest BCUT2D eigenvalue weighted by Gasteiger charge is -2.28. The number of fused-ring (bicyclic) bond motifs is 1. The first-order valence-electron chi connectivity index (χ1n) is 6.31. The van der Waals surface area contributed by atoms with Crippen LogP contribution in [0.25, 0.3) is 0 Å². The van der Waals surface area contributed by atoms with Crippen molar-refractivity contribution >= 4 is 27.9 Å². The van der Waals surface area contributed by atoms with Gasteiger partial charge in [0.1, 0.15) is 0 Å². The normalized spacial score (nSPS) is 13.9. The van der Waals surface area contributed by atoms with E-state index in [9.17, 15) is 14.9 Å². The topological polar surface area (TPSA) is 63.4 Å². The molecule has 1 amide bonds. The van der Waals surface area contributed by atoms with Gasteiger partial charge in [0.05, 0.1) is 9.80 Å². The molecular formula is C14H12N2O3S. The lowest BCUT2D eigenvalue weighted by molar-refractivity contribution is -0.380. The lowest BCUT2D eigenvalue weighted by Crippen LogP contribution is -2.34. The highest BCUT2D eigenvalue weighted by atomic mass is 32.1. The van der Waals surface area contributed by atoms with Gasteiger partial charge in [-0.2, -0.15) is 0 Å². The Kier molecular flexibility index (Phi) is 3.23. The second kappa shape index (κ2) is 5.05. The van der Waals surface area contributed by atoms with Crippen LogP contribution in [0.4, 0.5) is 10.7 Å². The van der Waals surface area contributed by atoms with Crippen LogP contribution in [0.2, 0.25) is 0 Å². The van der Waals surface area contributed by atoms with Gasteiger partial charge in [0.2, 0.25) is 0 Å². The first-order chi connectivity index (χ1) is 9.66. The van der Waals surface area contributed by atoms with Gasteiger partial charge < -0.3 is 4.90 Å². The molecule has 3 rings (SSSR count). The third-order valence-corrected chi connectivity index (χ3v) is 4.36. The molecule has 1 aliphatic heterocycles. The maximum absolute atomic E-state index is 12.5. The van der Waals surface area contributed by atoms with Crippen LogP contribution in [-0.2, 0) is 6.42 Å². The summed E-state index contributed by atoms with van der Waals surface area (Å²) in [5.41, 5.74) is 2.07. The van der Waals surface area contributed by atoms with Crippen LogP contribution in [0.3, 0.4) is 0 Å². The van der Waals surface area contributed by atoms with Crippen molar-refractivity contribution in [3.63, 3.8) is 0 Å². The largest absolute Gasteiger partial charge is 0.324 e. The van der Waals surface area contributed by atoms with Gasteiger partial charge in [-0.15, -0.1) is 0 Å². The molecule has 0 atom stereocenters. The number of aryl methyl sites for hydroxylation is 1. The number of hydrogen-bond donors (Lipinski definition) is 0. The minimum absolute atomic E-state index is 0.00126. The molecule has 5 nitrogen and oxygen atoms in total. The average molecular weight is 288 g/mol. The Bertz CT molecular complexity index is 681. The van der Waals surface area contributed by atoms with E-state index in [0.29, 0.717) is 11.4 Å². The molecule has 0 unspecified atom stereocenters. The predicted octanol–water partition coefficient (Wildman–Crippen LogP) is 3.25. The molecule has 0 N–H and O–H groups in total. The minimum Gasteiger partial charge on any atom is -0.307 e. The second-order valence-corrected chi connectivity index (χ2v) is 5.65. The van der Waals surface area contributed by atoms with E-state index in [1.54, 1.807) is 4.90 Å². The highest BCUT2D eigenvalue weighted by molar-refractivity contribution is 7.17. The summed E-state index contributed by atoms with van der Waals surface area (Å²) in [5, 5.41) is 10.7. The molecule has 2 aromatic rings. The van der Waals surface area contributed by atoms with Gasteiger partial charge in [0.25, 0.3) is 5.91 Å². The van der Waals surface area contributed by atoms with Gasteiger partial charge in [0, 0.05) is 18.3 Å². The monoisotopic (exact) mass is 288 g/mol. The molecule has 20 heavy (non-hydrogen) atoms. The minimum atomic E-state index is -0.467. The van der Waals surface area contributed by atoms with Crippen molar-refractivity contribution in [2.24, 2.45) is 0 Å². The molecule has 0 fully saturated rings. The first kappa shape index (κ1) is 12.8. The van der Waals surface area contributed by atoms with Gasteiger partial charge in [-0.25, -0.2) is 0 Å². The van der Waals surface area contributed by atoms with Crippen molar-refractivity contribution in [3.8, 4) is 0 Å². The Morgan fingerprint density at radius 3 is 2.80 bits per heavy atom. The Balaban J connectivity index is 1.93. The fourth-order valence-electron chi connectivity index (χ4n) is 2.42. The Labute approximate surface area is 119 Å². The van der Waals surface area contributed by atoms with E-state index in [-0.39, 0.29) is 10.9 Å². The number of benzene rings is 1. The molecule has 1 aromatic heterocycles. The van der Waals surface area contributed by atoms with Crippen molar-refractivity contribution in [2.45, 2.75) is 12.8 Å². The van der Waals surface area contributed by atoms with Crippen LogP contribution in [0.1, 0.15) is 21.7 Å². The summed E-state index contributed by atoms with van der Waals surface area (Å²) in [5.74, 6) is -0.157. The zero-order chi connectivity index (χ0) is 14.1. The highest BCUT2D eigenvalue weighted by Gasteiger charge is 2.25. The van der Waals surface area contributed by atoms with Gasteiger partial charge in [0.15, 0.2) is 0 Å². The zero-order valence-electron chi connectivity index (χ0n) is 10.6. The molecule has 0 saturated heterocycles. The molecule has 1 aromatic carbocycles. The second-order valence-electron chi connectivity index (χ2n) is 4.58. The number of para-hydroxylation sites is 1. The number of rotatable bonds is 2. The van der Waals surface area contributed by atoms with Crippen LogP contribution in [0.15, 0.2) is 36.4 Å². The molecule has 0 bridgehead atoms. The first-order valence-corrected chi connectivity index (χ1v) is 7.12. The van der Waals surface area contributed by atoms with Crippen molar-refractivity contribution in [3.05, 3.63) is 57.0 Å². The number of anilines is 1. The Morgan fingerprint density at radius 2 is 2.05 bits per heavy atom. The maximum atomic E-state index is 12.5. The summed E-state index contributed by atoms with van der Waals surface area (Å²) in [4.78, 5) is 24.9. The quantitative estimate of drug-likeness (QED) is 0.629. The number of amides is 1. The summed E-state index contributed by atoms with van der Waals surface area (Å²) >= 11 is 0.927. The highest BCUT2D eigenvalue weighted by Crippen LogP contribution is 2.31. The standard InChI is InChI=1S/C14H12N2O3S/c17-14(12-7-8-13(20-12)16(18)19)15-9-3-5-10-4-1-2-6-11(10)15/h1-2,4,6-8H,3,5,9H2. The molecule has 0 aliphatic carbocycles. The van der Waals surface area contributed by atoms with E-state index in [0.717, 1.165) is 35.4 Å². The van der Waals surface area contributed by atoms with E-state index in [2.05, 4.69) is 0 Å². The molecule has 1 aliphatic rings. The fraction of sp³-hybridized carbons (Fsp3) is 0.214. The van der Waals surface area contributed by atoms with Crippen LogP contribution in [-0.4, -0.2) is 17.4 Å². The maximum Gasteiger partial charge on any atom is 0.324 e. The molecule has 6 heteroatoms. The summed E-state index contributed by atoms with van der Waals surface area (Å²) in [6.45, 7) is 0.654. The number of nitrogens with zero attached hydrogens (tertiary/aromatic N) is 2. The van der Waals surface area contributed by atoms with Crippen LogP contribution >= 0.6 is 11.3 Å². The van der Waals surface area contributed by atoms with E-state index >= 15 is 0 Å². The number of carbonyl (C=O) groups is 1. The smallest absolute Gasteiger partial charge is 0.307 e. The third-order valence-electron chi connectivity index (χ3n) is 3.34. The van der Waals surface area contributed by atoms with Crippen LogP contribution in [0, 0.1) is 10.1 Å². The van der Waals surface area contributed by atoms with E-state index < -0.39 is 4.92 Å². The molecule has 2 heterocycles. The fourth-order valence-corrected chi connectivity index (χ4v) is 3.19. The van der Waals surface area contributed by atoms with Gasteiger partial charge in [-0.3, -0.25) is 14.9 Å². The van der Waals surface area contributed by atoms with E-state index in [1.165, 1.54) is 12.1 Å². The summed E-state index contributed by atoms with van der Waals surface area (Å²) in [6.07, 6.45) is 1.88. The van der Waals surface area contributed by atoms with Crippen LogP contribution in [0.5, 0.6) is 0 Å². The number of carbonyl (C=O) groups excluding carboxylic acids is 1. The number of thiophene rings is 1. The third kappa shape index (κ3) is 2.18. The summed E-state index contributed by atoms with van der Waals surface area (Å²) in [6, 6.07) is 10.7. The summed E-state index contributed by atoms with van der Waals surface area (Å²) < 4.78 is 0. The van der Waals surface area contributed by atoms with Crippen LogP contribution < -0.4 is 4.90 Å². The zero-order valence-corrected chi connectivity index (χ0v) is 11.4. The number of hydrogen-bond acceptors (Lipinski definition) is 4. The predicted molar refractivity (Wildman–Crippen MR) is 77.4 cm³/mol. The van der Waals surface area contributed by atoms with Gasteiger partial charge >= 0.3 is 5.00 Å². The number of nitro groups is 1. The molecule has 0 saturated carbocycles. The van der Waals surface area contributed by atoms with E-state index in [4.69, 9.17) is 0 Å². The summed E-state index contributed by atoms with van der Waals surface area (Å²) in [7, 11) is 0. The Morgan fingerprint density at radius 1 is 1.25 bits per heavy atom. The Hall–Kier alpha value is -2.21. The molecule has 0 spiro atoms. The van der Waals surface area contributed by atoms with Crippen molar-refractivity contribution in [1.29, 1.82) is 0 Å². The van der Waals surface area contributed by atoms with Crippen molar-refractivity contribution in [2.75, 3.05) is 11.4 Å². The van der Waals surface area contributed by atoms with E-state index in [1.807, 2.05) is 24.3 Å².